The highest BCUT2D eigenvalue weighted by Crippen LogP contribution is 2.30. The van der Waals surface area contributed by atoms with Gasteiger partial charge in [0.15, 0.2) is 0 Å². The van der Waals surface area contributed by atoms with E-state index in [9.17, 15) is 14.0 Å². The number of carbonyl (C=O) groups is 2. The topological polar surface area (TPSA) is 46.2 Å². The van der Waals surface area contributed by atoms with Gasteiger partial charge in [0.25, 0.3) is 0 Å². The standard InChI is InChI=1S/C12H12FNO2/c1-7-10(6-11(15)14-12(7)16)8-2-4-9(13)5-3-8/h2-5,7,10H,6H2,1H3,(H,14,15,16). The Kier molecular flexibility index (Phi) is 2.73. The fourth-order valence-electron chi connectivity index (χ4n) is 1.98. The highest BCUT2D eigenvalue weighted by molar-refractivity contribution is 5.99. The largest absolute Gasteiger partial charge is 0.296 e. The Bertz CT molecular complexity index is 427. The van der Waals surface area contributed by atoms with E-state index in [1.807, 2.05) is 0 Å². The van der Waals surface area contributed by atoms with E-state index in [4.69, 9.17) is 0 Å². The molecule has 1 heterocycles. The van der Waals surface area contributed by atoms with E-state index in [-0.39, 0.29) is 35.9 Å². The minimum absolute atomic E-state index is 0.151. The maximum atomic E-state index is 12.8. The zero-order valence-corrected chi connectivity index (χ0v) is 8.87. The number of piperidine rings is 1. The monoisotopic (exact) mass is 221 g/mol. The van der Waals surface area contributed by atoms with E-state index >= 15 is 0 Å². The molecule has 1 aromatic carbocycles. The van der Waals surface area contributed by atoms with Crippen molar-refractivity contribution in [2.45, 2.75) is 19.3 Å². The molecule has 1 saturated heterocycles. The lowest BCUT2D eigenvalue weighted by Crippen LogP contribution is -2.43. The number of rotatable bonds is 1. The third-order valence-corrected chi connectivity index (χ3v) is 2.98. The molecule has 1 fully saturated rings. The quantitative estimate of drug-likeness (QED) is 0.732. The van der Waals surface area contributed by atoms with E-state index in [0.29, 0.717) is 0 Å². The van der Waals surface area contributed by atoms with Gasteiger partial charge in [-0.25, -0.2) is 4.39 Å². The van der Waals surface area contributed by atoms with Crippen molar-refractivity contribution in [1.29, 1.82) is 0 Å². The summed E-state index contributed by atoms with van der Waals surface area (Å²) in [6.07, 6.45) is 0.276. The van der Waals surface area contributed by atoms with Crippen LogP contribution in [0.2, 0.25) is 0 Å². The van der Waals surface area contributed by atoms with Gasteiger partial charge >= 0.3 is 0 Å². The average Bonchev–Trinajstić information content (AvgIpc) is 2.25. The van der Waals surface area contributed by atoms with Gasteiger partial charge in [-0.1, -0.05) is 19.1 Å². The van der Waals surface area contributed by atoms with E-state index in [1.54, 1.807) is 19.1 Å². The molecule has 2 amide bonds. The second kappa shape index (κ2) is 4.04. The third kappa shape index (κ3) is 1.96. The van der Waals surface area contributed by atoms with Gasteiger partial charge in [-0.05, 0) is 17.7 Å². The summed E-state index contributed by atoms with van der Waals surface area (Å²) in [5.41, 5.74) is 0.831. The molecule has 0 saturated carbocycles. The van der Waals surface area contributed by atoms with Crippen LogP contribution in [0.5, 0.6) is 0 Å². The number of carbonyl (C=O) groups excluding carboxylic acids is 2. The van der Waals surface area contributed by atoms with Crippen LogP contribution in [0.25, 0.3) is 0 Å². The first-order valence-corrected chi connectivity index (χ1v) is 5.17. The van der Waals surface area contributed by atoms with Crippen molar-refractivity contribution < 1.29 is 14.0 Å². The second-order valence-electron chi connectivity index (χ2n) is 4.06. The van der Waals surface area contributed by atoms with Gasteiger partial charge in [-0.15, -0.1) is 0 Å². The van der Waals surface area contributed by atoms with Gasteiger partial charge in [0.2, 0.25) is 11.8 Å². The Labute approximate surface area is 92.7 Å². The maximum absolute atomic E-state index is 12.8. The van der Waals surface area contributed by atoms with Crippen molar-refractivity contribution in [1.82, 2.24) is 5.32 Å². The van der Waals surface area contributed by atoms with Crippen LogP contribution in [0.4, 0.5) is 4.39 Å². The lowest BCUT2D eigenvalue weighted by molar-refractivity contribution is -0.136. The number of hydrogen-bond acceptors (Lipinski definition) is 2. The Morgan fingerprint density at radius 2 is 1.88 bits per heavy atom. The number of benzene rings is 1. The molecule has 0 spiro atoms. The predicted octanol–water partition coefficient (Wildman–Crippen LogP) is 1.59. The van der Waals surface area contributed by atoms with Crippen molar-refractivity contribution >= 4 is 11.8 Å². The zero-order valence-electron chi connectivity index (χ0n) is 8.87. The summed E-state index contributed by atoms with van der Waals surface area (Å²) in [4.78, 5) is 22.7. The summed E-state index contributed by atoms with van der Waals surface area (Å²) in [6.45, 7) is 1.77. The highest BCUT2D eigenvalue weighted by Gasteiger charge is 2.33. The van der Waals surface area contributed by atoms with Crippen LogP contribution in [0.15, 0.2) is 24.3 Å². The molecule has 16 heavy (non-hydrogen) atoms. The molecule has 4 heteroatoms. The van der Waals surface area contributed by atoms with E-state index in [1.165, 1.54) is 12.1 Å². The van der Waals surface area contributed by atoms with Crippen LogP contribution >= 0.6 is 0 Å². The molecule has 3 nitrogen and oxygen atoms in total. The Morgan fingerprint density at radius 3 is 2.50 bits per heavy atom. The smallest absolute Gasteiger partial charge is 0.230 e. The van der Waals surface area contributed by atoms with Crippen molar-refractivity contribution in [3.05, 3.63) is 35.6 Å². The van der Waals surface area contributed by atoms with Crippen molar-refractivity contribution in [3.8, 4) is 0 Å². The molecule has 0 bridgehead atoms. The molecule has 1 N–H and O–H groups in total. The molecule has 2 unspecified atom stereocenters. The molecule has 0 aromatic heterocycles. The summed E-state index contributed by atoms with van der Waals surface area (Å²) >= 11 is 0. The van der Waals surface area contributed by atoms with Crippen LogP contribution in [-0.4, -0.2) is 11.8 Å². The fraction of sp³-hybridized carbons (Fsp3) is 0.333. The average molecular weight is 221 g/mol. The van der Waals surface area contributed by atoms with Gasteiger partial charge in [0.1, 0.15) is 5.82 Å². The van der Waals surface area contributed by atoms with Crippen molar-refractivity contribution in [3.63, 3.8) is 0 Å². The molecular formula is C12H12FNO2. The molecule has 2 rings (SSSR count). The van der Waals surface area contributed by atoms with Gasteiger partial charge in [0, 0.05) is 18.3 Å². The maximum Gasteiger partial charge on any atom is 0.230 e. The van der Waals surface area contributed by atoms with Crippen LogP contribution in [0.3, 0.4) is 0 Å². The third-order valence-electron chi connectivity index (χ3n) is 2.98. The van der Waals surface area contributed by atoms with Gasteiger partial charge in [0.05, 0.1) is 0 Å². The van der Waals surface area contributed by atoms with Crippen molar-refractivity contribution in [2.24, 2.45) is 5.92 Å². The van der Waals surface area contributed by atoms with E-state index < -0.39 is 0 Å². The first-order valence-electron chi connectivity index (χ1n) is 5.17. The van der Waals surface area contributed by atoms with Crippen LogP contribution in [0.1, 0.15) is 24.8 Å². The summed E-state index contributed by atoms with van der Waals surface area (Å²) in [5.74, 6) is -1.25. The van der Waals surface area contributed by atoms with Crippen LogP contribution in [-0.2, 0) is 9.59 Å². The highest BCUT2D eigenvalue weighted by atomic mass is 19.1. The van der Waals surface area contributed by atoms with Gasteiger partial charge in [-0.2, -0.15) is 0 Å². The van der Waals surface area contributed by atoms with Gasteiger partial charge < -0.3 is 0 Å². The van der Waals surface area contributed by atoms with Crippen molar-refractivity contribution in [2.75, 3.05) is 0 Å². The first kappa shape index (κ1) is 10.8. The molecule has 2 atom stereocenters. The zero-order chi connectivity index (χ0) is 11.7. The summed E-state index contributed by atoms with van der Waals surface area (Å²) in [7, 11) is 0. The van der Waals surface area contributed by atoms with Crippen LogP contribution < -0.4 is 5.32 Å². The summed E-state index contributed by atoms with van der Waals surface area (Å²) in [5, 5.41) is 2.29. The number of halogens is 1. The number of nitrogens with one attached hydrogen (secondary N) is 1. The van der Waals surface area contributed by atoms with E-state index in [2.05, 4.69) is 5.32 Å². The summed E-state index contributed by atoms with van der Waals surface area (Å²) in [6, 6.07) is 5.95. The van der Waals surface area contributed by atoms with Gasteiger partial charge in [-0.3, -0.25) is 14.9 Å². The van der Waals surface area contributed by atoms with Crippen LogP contribution in [0, 0.1) is 11.7 Å². The number of amides is 2. The fourth-order valence-corrected chi connectivity index (χ4v) is 1.98. The predicted molar refractivity (Wildman–Crippen MR) is 56.1 cm³/mol. The molecule has 0 aliphatic carbocycles. The normalized spacial score (nSPS) is 25.4. The molecule has 84 valence electrons. The summed E-state index contributed by atoms with van der Waals surface area (Å²) < 4.78 is 12.8. The molecule has 1 aliphatic heterocycles. The molecule has 1 aliphatic rings. The Hall–Kier alpha value is -1.71. The molecular weight excluding hydrogens is 209 g/mol. The first-order chi connectivity index (χ1) is 7.58. The van der Waals surface area contributed by atoms with E-state index in [0.717, 1.165) is 5.56 Å². The lowest BCUT2D eigenvalue weighted by Gasteiger charge is -2.27. The Morgan fingerprint density at radius 1 is 1.25 bits per heavy atom. The minimum Gasteiger partial charge on any atom is -0.296 e. The lowest BCUT2D eigenvalue weighted by atomic mass is 9.81. The number of imide groups is 1. The number of hydrogen-bond donors (Lipinski definition) is 1. The SMILES string of the molecule is CC1C(=O)NC(=O)CC1c1ccc(F)cc1. The second-order valence-corrected chi connectivity index (χ2v) is 4.06. The molecule has 1 aromatic rings. The Balaban J connectivity index is 2.28. The molecule has 0 radical (unpaired) electrons. The minimum atomic E-state index is -0.317.